The summed E-state index contributed by atoms with van der Waals surface area (Å²) in [6.07, 6.45) is 2.63. The van der Waals surface area contributed by atoms with E-state index in [0.717, 1.165) is 10.6 Å². The molecule has 1 amide bonds. The molecule has 1 N–H and O–H groups in total. The summed E-state index contributed by atoms with van der Waals surface area (Å²) in [6, 6.07) is 8.18. The lowest BCUT2D eigenvalue weighted by molar-refractivity contribution is -0.134. The molecule has 98 valence electrons. The van der Waals surface area contributed by atoms with Crippen LogP contribution in [0.3, 0.4) is 0 Å². The predicted molar refractivity (Wildman–Crippen MR) is 79.6 cm³/mol. The van der Waals surface area contributed by atoms with E-state index in [1.807, 2.05) is 29.8 Å². The first kappa shape index (κ1) is 12.4. The fourth-order valence-corrected chi connectivity index (χ4v) is 3.58. The minimum absolute atomic E-state index is 0.00421. The molecule has 2 aromatic heterocycles. The SMILES string of the molecule is CCC(=O)N1NC(c2cccs2)=C[C@H]1c1cccs1. The zero-order chi connectivity index (χ0) is 13.2. The normalized spacial score (nSPS) is 18.3. The summed E-state index contributed by atoms with van der Waals surface area (Å²) in [7, 11) is 0. The van der Waals surface area contributed by atoms with Crippen molar-refractivity contribution in [3.8, 4) is 0 Å². The molecule has 0 unspecified atom stereocenters. The minimum Gasteiger partial charge on any atom is -0.294 e. The second-order valence-electron chi connectivity index (χ2n) is 4.25. The summed E-state index contributed by atoms with van der Waals surface area (Å²) in [6.45, 7) is 1.89. The standard InChI is InChI=1S/C14H14N2OS2/c1-2-14(17)16-11(13-6-4-8-19-13)9-10(15-16)12-5-3-7-18-12/h3-9,11,15H,2H2,1H3/t11-/m0/s1. The number of rotatable bonds is 3. The Bertz CT molecular complexity index is 587. The van der Waals surface area contributed by atoms with Crippen LogP contribution in [0.2, 0.25) is 0 Å². The molecule has 0 fully saturated rings. The van der Waals surface area contributed by atoms with E-state index in [-0.39, 0.29) is 11.9 Å². The van der Waals surface area contributed by atoms with Gasteiger partial charge in [-0.3, -0.25) is 10.2 Å². The molecule has 1 atom stereocenters. The van der Waals surface area contributed by atoms with Crippen LogP contribution in [-0.4, -0.2) is 10.9 Å². The second kappa shape index (κ2) is 5.19. The summed E-state index contributed by atoms with van der Waals surface area (Å²) in [5.41, 5.74) is 4.27. The van der Waals surface area contributed by atoms with Crippen LogP contribution in [0.25, 0.3) is 5.70 Å². The van der Waals surface area contributed by atoms with Gasteiger partial charge < -0.3 is 0 Å². The first-order valence-electron chi connectivity index (χ1n) is 6.17. The third kappa shape index (κ3) is 2.31. The quantitative estimate of drug-likeness (QED) is 0.936. The molecule has 0 saturated heterocycles. The van der Waals surface area contributed by atoms with Crippen LogP contribution in [0.5, 0.6) is 0 Å². The average molecular weight is 290 g/mol. The zero-order valence-electron chi connectivity index (χ0n) is 10.5. The van der Waals surface area contributed by atoms with E-state index in [0.29, 0.717) is 6.42 Å². The van der Waals surface area contributed by atoms with E-state index in [9.17, 15) is 4.79 Å². The van der Waals surface area contributed by atoms with Crippen molar-refractivity contribution in [1.82, 2.24) is 10.4 Å². The highest BCUT2D eigenvalue weighted by Gasteiger charge is 2.30. The van der Waals surface area contributed by atoms with Crippen LogP contribution in [0.15, 0.2) is 41.1 Å². The van der Waals surface area contributed by atoms with Crippen molar-refractivity contribution in [2.24, 2.45) is 0 Å². The highest BCUT2D eigenvalue weighted by atomic mass is 32.1. The average Bonchev–Trinajstić information content (AvgIpc) is 3.14. The smallest absolute Gasteiger partial charge is 0.241 e. The lowest BCUT2D eigenvalue weighted by Crippen LogP contribution is -2.38. The van der Waals surface area contributed by atoms with Gasteiger partial charge in [0.15, 0.2) is 0 Å². The van der Waals surface area contributed by atoms with Gasteiger partial charge in [0.25, 0.3) is 0 Å². The maximum absolute atomic E-state index is 12.1. The number of hydrogen-bond acceptors (Lipinski definition) is 4. The molecule has 0 aromatic carbocycles. The van der Waals surface area contributed by atoms with Crippen molar-refractivity contribution in [3.05, 3.63) is 50.9 Å². The van der Waals surface area contributed by atoms with E-state index < -0.39 is 0 Å². The van der Waals surface area contributed by atoms with E-state index in [1.54, 1.807) is 27.7 Å². The predicted octanol–water partition coefficient (Wildman–Crippen LogP) is 3.65. The molecule has 3 rings (SSSR count). The third-order valence-corrected chi connectivity index (χ3v) is 4.88. The highest BCUT2D eigenvalue weighted by Crippen LogP contribution is 2.34. The Morgan fingerprint density at radius 3 is 2.74 bits per heavy atom. The summed E-state index contributed by atoms with van der Waals surface area (Å²) < 4.78 is 0. The number of amides is 1. The van der Waals surface area contributed by atoms with Crippen molar-refractivity contribution in [2.75, 3.05) is 0 Å². The number of carbonyl (C=O) groups excluding carboxylic acids is 1. The Morgan fingerprint density at radius 2 is 2.11 bits per heavy atom. The fourth-order valence-electron chi connectivity index (χ4n) is 2.09. The van der Waals surface area contributed by atoms with Gasteiger partial charge in [0.05, 0.1) is 10.6 Å². The van der Waals surface area contributed by atoms with Gasteiger partial charge in [0, 0.05) is 11.3 Å². The van der Waals surface area contributed by atoms with Crippen molar-refractivity contribution >= 4 is 34.3 Å². The molecular formula is C14H14N2OS2. The van der Waals surface area contributed by atoms with Crippen LogP contribution in [0.4, 0.5) is 0 Å². The molecule has 0 spiro atoms. The van der Waals surface area contributed by atoms with Gasteiger partial charge in [-0.15, -0.1) is 22.7 Å². The van der Waals surface area contributed by atoms with E-state index in [2.05, 4.69) is 23.6 Å². The van der Waals surface area contributed by atoms with Crippen molar-refractivity contribution in [1.29, 1.82) is 0 Å². The van der Waals surface area contributed by atoms with Gasteiger partial charge >= 0.3 is 0 Å². The Balaban J connectivity index is 1.94. The van der Waals surface area contributed by atoms with Crippen LogP contribution in [-0.2, 0) is 4.79 Å². The van der Waals surface area contributed by atoms with Gasteiger partial charge in [0.1, 0.15) is 6.04 Å². The fraction of sp³-hybridized carbons (Fsp3) is 0.214. The van der Waals surface area contributed by atoms with Crippen molar-refractivity contribution in [2.45, 2.75) is 19.4 Å². The maximum Gasteiger partial charge on any atom is 0.241 e. The molecule has 0 bridgehead atoms. The molecular weight excluding hydrogens is 276 g/mol. The van der Waals surface area contributed by atoms with Gasteiger partial charge in [-0.25, -0.2) is 5.01 Å². The lowest BCUT2D eigenvalue weighted by Gasteiger charge is -2.23. The van der Waals surface area contributed by atoms with E-state index in [1.165, 1.54) is 4.88 Å². The lowest BCUT2D eigenvalue weighted by atomic mass is 10.2. The first-order chi connectivity index (χ1) is 9.29. The van der Waals surface area contributed by atoms with Crippen LogP contribution < -0.4 is 5.43 Å². The molecule has 0 aliphatic carbocycles. The molecule has 3 heterocycles. The first-order valence-corrected chi connectivity index (χ1v) is 7.93. The van der Waals surface area contributed by atoms with Crippen LogP contribution in [0.1, 0.15) is 29.1 Å². The van der Waals surface area contributed by atoms with E-state index >= 15 is 0 Å². The monoisotopic (exact) mass is 290 g/mol. The Kier molecular flexibility index (Phi) is 3.40. The molecule has 1 aliphatic rings. The van der Waals surface area contributed by atoms with Crippen LogP contribution in [0, 0.1) is 0 Å². The van der Waals surface area contributed by atoms with Gasteiger partial charge in [-0.2, -0.15) is 0 Å². The number of nitrogens with one attached hydrogen (secondary N) is 1. The number of hydrazine groups is 1. The number of nitrogens with zero attached hydrogens (tertiary/aromatic N) is 1. The molecule has 1 aliphatic heterocycles. The number of thiophene rings is 2. The van der Waals surface area contributed by atoms with E-state index in [4.69, 9.17) is 0 Å². The minimum atomic E-state index is 0.00421. The molecule has 2 aromatic rings. The second-order valence-corrected chi connectivity index (χ2v) is 6.17. The highest BCUT2D eigenvalue weighted by molar-refractivity contribution is 7.11. The van der Waals surface area contributed by atoms with Gasteiger partial charge in [-0.05, 0) is 29.0 Å². The topological polar surface area (TPSA) is 32.3 Å². The zero-order valence-corrected chi connectivity index (χ0v) is 12.1. The molecule has 0 radical (unpaired) electrons. The number of carbonyl (C=O) groups is 1. The Hall–Kier alpha value is -1.59. The third-order valence-electron chi connectivity index (χ3n) is 3.04. The molecule has 3 nitrogen and oxygen atoms in total. The van der Waals surface area contributed by atoms with Crippen molar-refractivity contribution in [3.63, 3.8) is 0 Å². The Labute approximate surface area is 120 Å². The maximum atomic E-state index is 12.1. The molecule has 19 heavy (non-hydrogen) atoms. The van der Waals surface area contributed by atoms with Gasteiger partial charge in [-0.1, -0.05) is 19.1 Å². The van der Waals surface area contributed by atoms with Gasteiger partial charge in [0.2, 0.25) is 5.91 Å². The summed E-state index contributed by atoms with van der Waals surface area (Å²) in [5.74, 6) is 0.112. The summed E-state index contributed by atoms with van der Waals surface area (Å²) >= 11 is 3.35. The molecule has 5 heteroatoms. The molecule has 0 saturated carbocycles. The largest absolute Gasteiger partial charge is 0.294 e. The van der Waals surface area contributed by atoms with Crippen molar-refractivity contribution < 1.29 is 4.79 Å². The Morgan fingerprint density at radius 1 is 1.32 bits per heavy atom. The van der Waals surface area contributed by atoms with Crippen LogP contribution >= 0.6 is 22.7 Å². The summed E-state index contributed by atoms with van der Waals surface area (Å²) in [4.78, 5) is 14.4. The number of hydrogen-bond donors (Lipinski definition) is 1. The summed E-state index contributed by atoms with van der Waals surface area (Å²) in [5, 5.41) is 5.82.